The Morgan fingerprint density at radius 1 is 1.00 bits per heavy atom. The molecule has 0 bridgehead atoms. The molecule has 0 spiro atoms. The van der Waals surface area contributed by atoms with Crippen LogP contribution >= 0.6 is 11.8 Å². The van der Waals surface area contributed by atoms with Crippen molar-refractivity contribution in [2.24, 2.45) is 4.99 Å². The van der Waals surface area contributed by atoms with Crippen LogP contribution in [0.3, 0.4) is 0 Å². The summed E-state index contributed by atoms with van der Waals surface area (Å²) in [6, 6.07) is 15.3. The van der Waals surface area contributed by atoms with Gasteiger partial charge in [0.25, 0.3) is 5.91 Å². The number of amidine groups is 1. The van der Waals surface area contributed by atoms with E-state index in [1.54, 1.807) is 47.4 Å². The van der Waals surface area contributed by atoms with Crippen LogP contribution in [-0.2, 0) is 4.79 Å². The van der Waals surface area contributed by atoms with E-state index in [-0.39, 0.29) is 17.5 Å². The smallest absolute Gasteiger partial charge is 0.266 e. The fourth-order valence-electron chi connectivity index (χ4n) is 2.83. The van der Waals surface area contributed by atoms with E-state index >= 15 is 0 Å². The molecule has 29 heavy (non-hydrogen) atoms. The number of likely N-dealkylation sites (N-methyl/N-ethyl adjacent to an activating group) is 1. The molecule has 0 radical (unpaired) electrons. The van der Waals surface area contributed by atoms with E-state index in [4.69, 9.17) is 4.42 Å². The van der Waals surface area contributed by atoms with Crippen molar-refractivity contribution in [3.8, 4) is 11.3 Å². The van der Waals surface area contributed by atoms with Gasteiger partial charge in [-0.3, -0.25) is 9.69 Å². The summed E-state index contributed by atoms with van der Waals surface area (Å²) in [5.74, 6) is 0.271. The number of furan rings is 1. The second-order valence-electron chi connectivity index (χ2n) is 6.24. The molecule has 0 unspecified atom stereocenters. The summed E-state index contributed by atoms with van der Waals surface area (Å²) in [4.78, 5) is 19.2. The highest BCUT2D eigenvalue weighted by Crippen LogP contribution is 2.35. The first kappa shape index (κ1) is 19.1. The standard InChI is InChI=1S/C22H16F2N2O2S/c1-2-26-21(27)20(29-22(26)25-17-9-7-16(24)8-10-17)13-18-11-12-19(28-18)14-3-5-15(23)6-4-14/h3-13H,2H2,1H3/b20-13+,25-22?. The van der Waals surface area contributed by atoms with E-state index in [0.29, 0.717) is 33.8 Å². The Labute approximate surface area is 170 Å². The first-order valence-corrected chi connectivity index (χ1v) is 9.76. The van der Waals surface area contributed by atoms with E-state index in [9.17, 15) is 13.6 Å². The van der Waals surface area contributed by atoms with Gasteiger partial charge in [0, 0.05) is 18.2 Å². The zero-order chi connectivity index (χ0) is 20.4. The molecule has 4 nitrogen and oxygen atoms in total. The maximum Gasteiger partial charge on any atom is 0.266 e. The van der Waals surface area contributed by atoms with Crippen molar-refractivity contribution >= 4 is 34.6 Å². The van der Waals surface area contributed by atoms with Gasteiger partial charge >= 0.3 is 0 Å². The monoisotopic (exact) mass is 410 g/mol. The third-order valence-electron chi connectivity index (χ3n) is 4.28. The number of aliphatic imine (C=N–C) groups is 1. The lowest BCUT2D eigenvalue weighted by molar-refractivity contribution is -0.122. The molecule has 2 heterocycles. The highest BCUT2D eigenvalue weighted by atomic mass is 32.2. The molecule has 146 valence electrons. The summed E-state index contributed by atoms with van der Waals surface area (Å²) in [6.07, 6.45) is 1.66. The number of benzene rings is 2. The fraction of sp³-hybridized carbons (Fsp3) is 0.0909. The van der Waals surface area contributed by atoms with Crippen molar-refractivity contribution in [1.82, 2.24) is 4.90 Å². The number of carbonyl (C=O) groups excluding carboxylic acids is 1. The van der Waals surface area contributed by atoms with Crippen LogP contribution in [0.4, 0.5) is 14.5 Å². The van der Waals surface area contributed by atoms with Crippen molar-refractivity contribution in [2.45, 2.75) is 6.92 Å². The van der Waals surface area contributed by atoms with E-state index in [2.05, 4.69) is 4.99 Å². The predicted molar refractivity (Wildman–Crippen MR) is 111 cm³/mol. The van der Waals surface area contributed by atoms with Crippen LogP contribution in [0.1, 0.15) is 12.7 Å². The maximum absolute atomic E-state index is 13.1. The van der Waals surface area contributed by atoms with Crippen LogP contribution in [0, 0.1) is 11.6 Å². The van der Waals surface area contributed by atoms with Crippen molar-refractivity contribution < 1.29 is 18.0 Å². The van der Waals surface area contributed by atoms with Crippen LogP contribution in [0.2, 0.25) is 0 Å². The summed E-state index contributed by atoms with van der Waals surface area (Å²) in [5, 5.41) is 0.528. The molecule has 1 aliphatic heterocycles. The number of hydrogen-bond acceptors (Lipinski definition) is 4. The van der Waals surface area contributed by atoms with Gasteiger partial charge in [0.05, 0.1) is 10.6 Å². The number of rotatable bonds is 4. The molecule has 0 N–H and O–H groups in total. The molecule has 0 saturated carbocycles. The molecule has 2 aromatic carbocycles. The summed E-state index contributed by atoms with van der Waals surface area (Å²) in [6.45, 7) is 2.32. The Kier molecular flexibility index (Phi) is 5.31. The molecule has 7 heteroatoms. The number of amides is 1. The number of nitrogens with zero attached hydrogens (tertiary/aromatic N) is 2. The lowest BCUT2D eigenvalue weighted by Crippen LogP contribution is -2.28. The Balaban J connectivity index is 1.60. The van der Waals surface area contributed by atoms with E-state index in [0.717, 1.165) is 5.56 Å². The van der Waals surface area contributed by atoms with Crippen molar-refractivity contribution in [3.63, 3.8) is 0 Å². The first-order chi connectivity index (χ1) is 14.0. The minimum absolute atomic E-state index is 0.168. The van der Waals surface area contributed by atoms with Gasteiger partial charge in [0.2, 0.25) is 0 Å². The van der Waals surface area contributed by atoms with Gasteiger partial charge < -0.3 is 4.42 Å². The molecule has 1 saturated heterocycles. The van der Waals surface area contributed by atoms with Crippen LogP contribution in [-0.4, -0.2) is 22.5 Å². The molecule has 1 aliphatic rings. The Hall–Kier alpha value is -3.19. The molecule has 1 amide bonds. The first-order valence-electron chi connectivity index (χ1n) is 8.95. The minimum atomic E-state index is -0.341. The van der Waals surface area contributed by atoms with Crippen molar-refractivity contribution in [1.29, 1.82) is 0 Å². The lowest BCUT2D eigenvalue weighted by Gasteiger charge is -2.11. The molecule has 4 rings (SSSR count). The predicted octanol–water partition coefficient (Wildman–Crippen LogP) is 5.85. The quantitative estimate of drug-likeness (QED) is 0.507. The third kappa shape index (κ3) is 4.14. The summed E-state index contributed by atoms with van der Waals surface area (Å²) in [7, 11) is 0. The van der Waals surface area contributed by atoms with Gasteiger partial charge in [-0.15, -0.1) is 0 Å². The Morgan fingerprint density at radius 2 is 1.66 bits per heavy atom. The zero-order valence-corrected chi connectivity index (χ0v) is 16.2. The van der Waals surface area contributed by atoms with E-state index in [1.807, 2.05) is 6.92 Å². The highest BCUT2D eigenvalue weighted by Gasteiger charge is 2.32. The number of hydrogen-bond donors (Lipinski definition) is 0. The molecule has 0 aliphatic carbocycles. The maximum atomic E-state index is 13.1. The summed E-state index contributed by atoms with van der Waals surface area (Å²) in [5.41, 5.74) is 1.31. The normalized spacial score (nSPS) is 16.9. The fourth-order valence-corrected chi connectivity index (χ4v) is 3.87. The average molecular weight is 410 g/mol. The molecule has 0 atom stereocenters. The average Bonchev–Trinajstić information content (AvgIpc) is 3.29. The largest absolute Gasteiger partial charge is 0.457 e. The highest BCUT2D eigenvalue weighted by molar-refractivity contribution is 8.18. The number of thioether (sulfide) groups is 1. The molecule has 1 fully saturated rings. The lowest BCUT2D eigenvalue weighted by atomic mass is 10.2. The summed E-state index contributed by atoms with van der Waals surface area (Å²) >= 11 is 1.24. The number of carbonyl (C=O) groups is 1. The summed E-state index contributed by atoms with van der Waals surface area (Å²) < 4.78 is 32.0. The molecule has 3 aromatic rings. The molecule has 1 aromatic heterocycles. The van der Waals surface area contributed by atoms with Gasteiger partial charge in [-0.1, -0.05) is 0 Å². The second-order valence-corrected chi connectivity index (χ2v) is 7.25. The van der Waals surface area contributed by atoms with Crippen molar-refractivity contribution in [2.75, 3.05) is 6.54 Å². The Morgan fingerprint density at radius 3 is 2.31 bits per heavy atom. The van der Waals surface area contributed by atoms with Crippen LogP contribution in [0.25, 0.3) is 17.4 Å². The van der Waals surface area contributed by atoms with E-state index < -0.39 is 0 Å². The van der Waals surface area contributed by atoms with Gasteiger partial charge in [0.15, 0.2) is 5.17 Å². The van der Waals surface area contributed by atoms with Gasteiger partial charge in [-0.25, -0.2) is 13.8 Å². The SMILES string of the molecule is CCN1C(=O)/C(=C\c2ccc(-c3ccc(F)cc3)o2)SC1=Nc1ccc(F)cc1. The van der Waals surface area contributed by atoms with Crippen LogP contribution in [0.15, 0.2) is 75.0 Å². The van der Waals surface area contributed by atoms with Crippen molar-refractivity contribution in [3.05, 3.63) is 83.0 Å². The minimum Gasteiger partial charge on any atom is -0.457 e. The Bertz CT molecular complexity index is 1100. The number of halogens is 2. The van der Waals surface area contributed by atoms with Gasteiger partial charge in [-0.2, -0.15) is 0 Å². The zero-order valence-electron chi connectivity index (χ0n) is 15.4. The van der Waals surface area contributed by atoms with Crippen LogP contribution in [0.5, 0.6) is 0 Å². The van der Waals surface area contributed by atoms with Gasteiger partial charge in [-0.05, 0) is 79.3 Å². The second kappa shape index (κ2) is 8.05. The topological polar surface area (TPSA) is 45.8 Å². The van der Waals surface area contributed by atoms with E-state index in [1.165, 1.54) is 36.0 Å². The van der Waals surface area contributed by atoms with Crippen LogP contribution < -0.4 is 0 Å². The van der Waals surface area contributed by atoms with Gasteiger partial charge in [0.1, 0.15) is 23.2 Å². The molecular formula is C22H16F2N2O2S. The third-order valence-corrected chi connectivity index (χ3v) is 5.29. The molecular weight excluding hydrogens is 394 g/mol.